The molecule has 6 rings (SSSR count). The Labute approximate surface area is 263 Å². The minimum absolute atomic E-state index is 0.0261. The molecule has 0 radical (unpaired) electrons. The number of aromatic amines is 2. The van der Waals surface area contributed by atoms with Crippen molar-refractivity contribution in [3.63, 3.8) is 0 Å². The van der Waals surface area contributed by atoms with Gasteiger partial charge in [0, 0.05) is 11.0 Å². The smallest absolute Gasteiger partial charge is 0.352 e. The number of imidazole rings is 1. The summed E-state index contributed by atoms with van der Waals surface area (Å²) in [4.78, 5) is 69.5. The van der Waals surface area contributed by atoms with Gasteiger partial charge >= 0.3 is 17.7 Å². The number of para-hydroxylation sites is 2. The molecule has 1 fully saturated rings. The van der Waals surface area contributed by atoms with Gasteiger partial charge in [-0.25, -0.2) is 19.0 Å². The molecule has 232 valence electrons. The van der Waals surface area contributed by atoms with Crippen LogP contribution in [0.3, 0.4) is 0 Å². The second-order valence-electron chi connectivity index (χ2n) is 10.6. The molecule has 3 amide bonds. The van der Waals surface area contributed by atoms with Crippen LogP contribution in [0.5, 0.6) is 0 Å². The fraction of sp³-hybridized carbons (Fsp3) is 0.286. The Morgan fingerprint density at radius 2 is 1.82 bits per heavy atom. The first-order chi connectivity index (χ1) is 21.7. The Bertz CT molecular complexity index is 1870. The highest BCUT2D eigenvalue weighted by atomic mass is 32.2. The molecule has 0 spiro atoms. The number of nitrogens with zero attached hydrogens (tertiary/aromatic N) is 5. The van der Waals surface area contributed by atoms with Gasteiger partial charge in [0.05, 0.1) is 11.0 Å². The van der Waals surface area contributed by atoms with Crippen LogP contribution in [0.1, 0.15) is 25.5 Å². The molecule has 1 saturated heterocycles. The molecule has 2 aromatic carbocycles. The second kappa shape index (κ2) is 12.2. The third-order valence-corrected chi connectivity index (χ3v) is 10.2. The van der Waals surface area contributed by atoms with Gasteiger partial charge in [0.1, 0.15) is 23.2 Å². The van der Waals surface area contributed by atoms with Crippen LogP contribution in [0.4, 0.5) is 4.79 Å². The van der Waals surface area contributed by atoms with Gasteiger partial charge in [-0.15, -0.1) is 22.0 Å². The van der Waals surface area contributed by atoms with Gasteiger partial charge in [0.2, 0.25) is 11.1 Å². The Balaban J connectivity index is 1.25. The summed E-state index contributed by atoms with van der Waals surface area (Å²) in [5.41, 5.74) is 0.940. The molecule has 2 aliphatic rings. The number of tetrazole rings is 1. The highest BCUT2D eigenvalue weighted by molar-refractivity contribution is 8.01. The maximum Gasteiger partial charge on any atom is 0.352 e. The standard InChI is InChI=1S/C28H27N9O6S2/c1-13(2)21(45-26-32-34-35-33-26)15-12-44-24-19(23(39)37(24)20(15)25(40)41)30-22(38)18(14-8-4-3-5-9-14)31-28(43)36-17-11-7-6-10-16(17)29-27(36)42/h3-11,13,18-19,21,24H,12H2,1-2H3,(H,29,42)(H,30,38)(H,31,43)(H,40,41)(H,32,33,34,35)/t18?,19?,21?,24-/m0/s1. The number of amides is 3. The van der Waals surface area contributed by atoms with Crippen LogP contribution >= 0.6 is 23.5 Å². The molecule has 0 saturated carbocycles. The Kier molecular flexibility index (Phi) is 8.20. The zero-order valence-electron chi connectivity index (χ0n) is 23.8. The van der Waals surface area contributed by atoms with E-state index >= 15 is 0 Å². The summed E-state index contributed by atoms with van der Waals surface area (Å²) < 4.78 is 0.898. The van der Waals surface area contributed by atoms with Gasteiger partial charge in [-0.3, -0.25) is 14.5 Å². The van der Waals surface area contributed by atoms with Gasteiger partial charge in [-0.2, -0.15) is 5.21 Å². The lowest BCUT2D eigenvalue weighted by Crippen LogP contribution is -2.71. The van der Waals surface area contributed by atoms with Crippen LogP contribution < -0.4 is 16.3 Å². The molecule has 2 aliphatic heterocycles. The Morgan fingerprint density at radius 1 is 1.09 bits per heavy atom. The number of aliphatic carboxylic acids is 1. The number of carboxylic acid groups (broad SMARTS) is 1. The summed E-state index contributed by atoms with van der Waals surface area (Å²) in [5.74, 6) is -2.28. The molecule has 5 N–H and O–H groups in total. The first kappa shape index (κ1) is 30.1. The van der Waals surface area contributed by atoms with Crippen LogP contribution in [0.25, 0.3) is 11.0 Å². The largest absolute Gasteiger partial charge is 0.477 e. The Hall–Kier alpha value is -4.90. The topological polar surface area (TPSA) is 208 Å². The number of carbonyl (C=O) groups excluding carboxylic acids is 3. The molecule has 4 atom stereocenters. The molecule has 4 heterocycles. The number of hydrogen-bond donors (Lipinski definition) is 5. The molecule has 15 nitrogen and oxygen atoms in total. The van der Waals surface area contributed by atoms with Crippen molar-refractivity contribution in [1.29, 1.82) is 0 Å². The number of β-lactam (4-membered cyclic amide) rings is 1. The molecule has 17 heteroatoms. The predicted octanol–water partition coefficient (Wildman–Crippen LogP) is 1.70. The summed E-state index contributed by atoms with van der Waals surface area (Å²) >= 11 is 2.59. The lowest BCUT2D eigenvalue weighted by Gasteiger charge is -2.50. The van der Waals surface area contributed by atoms with Crippen molar-refractivity contribution in [3.05, 3.63) is 81.9 Å². The molecular weight excluding hydrogens is 622 g/mol. The number of rotatable bonds is 9. The lowest BCUT2D eigenvalue weighted by atomic mass is 9.96. The van der Waals surface area contributed by atoms with Crippen molar-refractivity contribution >= 4 is 58.4 Å². The van der Waals surface area contributed by atoms with Crippen molar-refractivity contribution in [2.24, 2.45) is 5.92 Å². The Morgan fingerprint density at radius 3 is 2.51 bits per heavy atom. The van der Waals surface area contributed by atoms with Gasteiger partial charge in [-0.1, -0.05) is 68.1 Å². The molecule has 0 bridgehead atoms. The molecule has 2 aromatic heterocycles. The normalized spacial score (nSPS) is 19.2. The van der Waals surface area contributed by atoms with Crippen LogP contribution in [-0.2, 0) is 14.4 Å². The number of H-pyrrole nitrogens is 2. The van der Waals surface area contributed by atoms with Crippen LogP contribution in [0.15, 0.2) is 75.8 Å². The summed E-state index contributed by atoms with van der Waals surface area (Å²) in [7, 11) is 0. The quantitative estimate of drug-likeness (QED) is 0.130. The summed E-state index contributed by atoms with van der Waals surface area (Å²) in [6, 6.07) is 11.9. The van der Waals surface area contributed by atoms with Gasteiger partial charge in [0.15, 0.2) is 0 Å². The first-order valence-corrected chi connectivity index (χ1v) is 15.8. The van der Waals surface area contributed by atoms with E-state index < -0.39 is 47.0 Å². The van der Waals surface area contributed by atoms with E-state index in [1.54, 1.807) is 54.6 Å². The molecule has 45 heavy (non-hydrogen) atoms. The van der Waals surface area contributed by atoms with Crippen LogP contribution in [0.2, 0.25) is 0 Å². The van der Waals surface area contributed by atoms with E-state index in [2.05, 4.69) is 36.2 Å². The summed E-state index contributed by atoms with van der Waals surface area (Å²) in [6.45, 7) is 3.87. The number of carbonyl (C=O) groups is 4. The van der Waals surface area contributed by atoms with E-state index in [9.17, 15) is 29.1 Å². The van der Waals surface area contributed by atoms with E-state index in [0.717, 1.165) is 4.57 Å². The number of fused-ring (bicyclic) bond motifs is 2. The predicted molar refractivity (Wildman–Crippen MR) is 164 cm³/mol. The average Bonchev–Trinajstić information content (AvgIpc) is 3.67. The number of aromatic nitrogens is 6. The maximum absolute atomic E-state index is 13.7. The number of thioether (sulfide) groups is 2. The summed E-state index contributed by atoms with van der Waals surface area (Å²) in [5, 5.41) is 28.8. The minimum Gasteiger partial charge on any atom is -0.477 e. The van der Waals surface area contributed by atoms with Gasteiger partial charge < -0.3 is 20.7 Å². The number of nitrogens with one attached hydrogen (secondary N) is 4. The maximum atomic E-state index is 13.7. The van der Waals surface area contributed by atoms with Crippen molar-refractivity contribution < 1.29 is 24.3 Å². The zero-order valence-corrected chi connectivity index (χ0v) is 25.5. The van der Waals surface area contributed by atoms with Crippen molar-refractivity contribution in [2.45, 2.75) is 41.7 Å². The number of benzene rings is 2. The molecule has 3 unspecified atom stereocenters. The lowest BCUT2D eigenvalue weighted by molar-refractivity contribution is -0.151. The molecule has 0 aliphatic carbocycles. The fourth-order valence-electron chi connectivity index (χ4n) is 5.41. The third-order valence-electron chi connectivity index (χ3n) is 7.46. The van der Waals surface area contributed by atoms with Crippen molar-refractivity contribution in [1.82, 2.24) is 45.7 Å². The van der Waals surface area contributed by atoms with E-state index in [-0.39, 0.29) is 16.9 Å². The highest BCUT2D eigenvalue weighted by Gasteiger charge is 2.55. The zero-order chi connectivity index (χ0) is 31.8. The van der Waals surface area contributed by atoms with E-state index in [1.807, 2.05) is 13.8 Å². The highest BCUT2D eigenvalue weighted by Crippen LogP contribution is 2.45. The van der Waals surface area contributed by atoms with Crippen molar-refractivity contribution in [2.75, 3.05) is 5.75 Å². The van der Waals surface area contributed by atoms with Crippen LogP contribution in [0, 0.1) is 5.92 Å². The van der Waals surface area contributed by atoms with Gasteiger partial charge in [0.25, 0.3) is 5.91 Å². The van der Waals surface area contributed by atoms with E-state index in [1.165, 1.54) is 28.4 Å². The van der Waals surface area contributed by atoms with E-state index in [0.29, 0.717) is 33.1 Å². The number of hydrogen-bond acceptors (Lipinski definition) is 10. The third kappa shape index (κ3) is 5.59. The monoisotopic (exact) mass is 649 g/mol. The number of carboxylic acids is 1. The first-order valence-electron chi connectivity index (χ1n) is 13.8. The summed E-state index contributed by atoms with van der Waals surface area (Å²) in [6.07, 6.45) is 0. The van der Waals surface area contributed by atoms with E-state index in [4.69, 9.17) is 0 Å². The second-order valence-corrected chi connectivity index (χ2v) is 12.8. The van der Waals surface area contributed by atoms with Crippen LogP contribution in [-0.4, -0.2) is 86.4 Å². The fourth-order valence-corrected chi connectivity index (χ4v) is 7.94. The molecule has 4 aromatic rings. The molecular formula is C28H27N9O6S2. The average molecular weight is 650 g/mol. The minimum atomic E-state index is -1.27. The van der Waals surface area contributed by atoms with Crippen molar-refractivity contribution in [3.8, 4) is 0 Å². The van der Waals surface area contributed by atoms with Gasteiger partial charge in [-0.05, 0) is 34.4 Å². The SMILES string of the molecule is CC(C)C(Sc1nn[nH]n1)C1=C(C(=O)O)N2C(=O)C(NC(=O)C(NC(=O)n3c(=O)[nH]c4ccccc43)c3ccccc3)[C@@H]2SC1.